The van der Waals surface area contributed by atoms with Gasteiger partial charge in [-0.2, -0.15) is 0 Å². The van der Waals surface area contributed by atoms with Crippen LogP contribution in [0.25, 0.3) is 11.8 Å². The van der Waals surface area contributed by atoms with Crippen molar-refractivity contribution in [2.45, 2.75) is 6.10 Å². The Morgan fingerprint density at radius 3 is 2.86 bits per heavy atom. The summed E-state index contributed by atoms with van der Waals surface area (Å²) in [5.41, 5.74) is 14.8. The minimum atomic E-state index is -0.175. The zero-order valence-electron chi connectivity index (χ0n) is 12.1. The Labute approximate surface area is 128 Å². The van der Waals surface area contributed by atoms with Crippen LogP contribution in [0.1, 0.15) is 22.8 Å². The number of benzene rings is 1. The van der Waals surface area contributed by atoms with Gasteiger partial charge in [-0.15, -0.1) is 0 Å². The maximum atomic E-state index is 9.89. The molecule has 1 fully saturated rings. The van der Waals surface area contributed by atoms with Crippen LogP contribution in [0.15, 0.2) is 30.5 Å². The molecule has 1 atom stereocenters. The summed E-state index contributed by atoms with van der Waals surface area (Å²) in [6.45, 7) is 1.63. The lowest BCUT2D eigenvalue weighted by atomic mass is 10.0. The predicted molar refractivity (Wildman–Crippen MR) is 84.9 cm³/mol. The number of aromatic hydroxyl groups is 1. The van der Waals surface area contributed by atoms with Crippen LogP contribution < -0.4 is 11.5 Å². The molecule has 2 heterocycles. The number of H-pyrrole nitrogens is 1. The highest BCUT2D eigenvalue weighted by Crippen LogP contribution is 2.31. The van der Waals surface area contributed by atoms with E-state index in [1.165, 1.54) is 0 Å². The molecule has 6 nitrogen and oxygen atoms in total. The third-order valence-electron chi connectivity index (χ3n) is 3.66. The zero-order valence-corrected chi connectivity index (χ0v) is 12.1. The summed E-state index contributed by atoms with van der Waals surface area (Å²) >= 11 is 0. The molecule has 1 aliphatic rings. The fourth-order valence-electron chi connectivity index (χ4n) is 2.51. The second-order valence-electron chi connectivity index (χ2n) is 5.12. The first-order valence-electron chi connectivity index (χ1n) is 7.08. The van der Waals surface area contributed by atoms with E-state index < -0.39 is 0 Å². The van der Waals surface area contributed by atoms with Gasteiger partial charge in [0.05, 0.1) is 19.8 Å². The van der Waals surface area contributed by atoms with E-state index in [0.29, 0.717) is 36.9 Å². The van der Waals surface area contributed by atoms with E-state index in [1.54, 1.807) is 30.5 Å². The van der Waals surface area contributed by atoms with Crippen molar-refractivity contribution in [3.8, 4) is 5.75 Å². The van der Waals surface area contributed by atoms with Crippen molar-refractivity contribution >= 4 is 17.6 Å². The minimum absolute atomic E-state index is 0.129. The topological polar surface area (TPSA) is 107 Å². The average molecular weight is 301 g/mol. The zero-order chi connectivity index (χ0) is 15.5. The van der Waals surface area contributed by atoms with Crippen LogP contribution in [0.5, 0.6) is 5.75 Å². The molecular weight excluding hydrogens is 282 g/mol. The van der Waals surface area contributed by atoms with Gasteiger partial charge in [-0.05, 0) is 18.2 Å². The standard InChI is InChI=1S/C16H19N3O3/c17-13(10-3-1-2-4-14(10)20)7-11-12(8-19-16(11)18)15-9-21-5-6-22-15/h1-4,7-8,15,19-20H,5-6,9,17-18H2/b13-7-. The van der Waals surface area contributed by atoms with Crippen molar-refractivity contribution in [2.24, 2.45) is 5.73 Å². The van der Waals surface area contributed by atoms with Gasteiger partial charge in [0, 0.05) is 28.6 Å². The second kappa shape index (κ2) is 6.13. The maximum absolute atomic E-state index is 9.89. The third-order valence-corrected chi connectivity index (χ3v) is 3.66. The molecule has 0 bridgehead atoms. The number of nitrogens with one attached hydrogen (secondary N) is 1. The van der Waals surface area contributed by atoms with E-state index in [4.69, 9.17) is 20.9 Å². The van der Waals surface area contributed by atoms with Crippen molar-refractivity contribution in [2.75, 3.05) is 25.6 Å². The highest BCUT2D eigenvalue weighted by atomic mass is 16.6. The molecule has 6 N–H and O–H groups in total. The summed E-state index contributed by atoms with van der Waals surface area (Å²) in [4.78, 5) is 2.99. The number of nitrogens with two attached hydrogens (primary N) is 2. The normalized spacial score (nSPS) is 19.3. The first-order chi connectivity index (χ1) is 10.7. The average Bonchev–Trinajstić information content (AvgIpc) is 2.89. The lowest BCUT2D eigenvalue weighted by molar-refractivity contribution is -0.0901. The van der Waals surface area contributed by atoms with Crippen LogP contribution in [0.3, 0.4) is 0 Å². The molecule has 1 saturated heterocycles. The molecule has 0 radical (unpaired) electrons. The van der Waals surface area contributed by atoms with Gasteiger partial charge in [-0.3, -0.25) is 0 Å². The van der Waals surface area contributed by atoms with Gasteiger partial charge in [0.1, 0.15) is 17.7 Å². The highest BCUT2D eigenvalue weighted by molar-refractivity contribution is 5.85. The summed E-state index contributed by atoms with van der Waals surface area (Å²) in [7, 11) is 0. The Hall–Kier alpha value is -2.44. The Kier molecular flexibility index (Phi) is 4.04. The molecule has 0 spiro atoms. The van der Waals surface area contributed by atoms with Gasteiger partial charge in [-0.25, -0.2) is 0 Å². The molecule has 3 rings (SSSR count). The largest absolute Gasteiger partial charge is 0.507 e. The van der Waals surface area contributed by atoms with E-state index in [1.807, 2.05) is 6.07 Å². The van der Waals surface area contributed by atoms with Gasteiger partial charge in [-0.1, -0.05) is 12.1 Å². The fourth-order valence-corrected chi connectivity index (χ4v) is 2.51. The Bertz CT molecular complexity index is 688. The lowest BCUT2D eigenvalue weighted by Crippen LogP contribution is -2.22. The van der Waals surface area contributed by atoms with Gasteiger partial charge in [0.15, 0.2) is 0 Å². The van der Waals surface area contributed by atoms with Crippen LogP contribution in [-0.4, -0.2) is 29.9 Å². The molecule has 0 aliphatic carbocycles. The number of phenols is 1. The van der Waals surface area contributed by atoms with E-state index in [9.17, 15) is 5.11 Å². The molecule has 1 aromatic heterocycles. The molecule has 116 valence electrons. The fraction of sp³-hybridized carbons (Fsp3) is 0.250. The molecule has 0 amide bonds. The van der Waals surface area contributed by atoms with Crippen LogP contribution in [0.2, 0.25) is 0 Å². The molecule has 2 aromatic rings. The van der Waals surface area contributed by atoms with Crippen LogP contribution in [-0.2, 0) is 9.47 Å². The Morgan fingerprint density at radius 1 is 1.32 bits per heavy atom. The van der Waals surface area contributed by atoms with Crippen molar-refractivity contribution in [1.82, 2.24) is 4.98 Å². The summed E-state index contributed by atoms with van der Waals surface area (Å²) in [6, 6.07) is 6.91. The molecule has 1 aromatic carbocycles. The third kappa shape index (κ3) is 2.79. The quantitative estimate of drug-likeness (QED) is 0.692. The summed E-state index contributed by atoms with van der Waals surface area (Å²) in [5.74, 6) is 0.631. The second-order valence-corrected chi connectivity index (χ2v) is 5.12. The van der Waals surface area contributed by atoms with Crippen LogP contribution >= 0.6 is 0 Å². The number of hydrogen-bond acceptors (Lipinski definition) is 5. The molecule has 22 heavy (non-hydrogen) atoms. The van der Waals surface area contributed by atoms with E-state index in [-0.39, 0.29) is 11.9 Å². The van der Waals surface area contributed by atoms with Crippen molar-refractivity contribution < 1.29 is 14.6 Å². The van der Waals surface area contributed by atoms with E-state index in [0.717, 1.165) is 11.1 Å². The van der Waals surface area contributed by atoms with Crippen LogP contribution in [0.4, 0.5) is 5.82 Å². The number of rotatable bonds is 3. The van der Waals surface area contributed by atoms with Gasteiger partial charge < -0.3 is 31.0 Å². The number of nitrogen functional groups attached to an aromatic ring is 1. The van der Waals surface area contributed by atoms with Crippen molar-refractivity contribution in [1.29, 1.82) is 0 Å². The van der Waals surface area contributed by atoms with E-state index >= 15 is 0 Å². The first-order valence-corrected chi connectivity index (χ1v) is 7.08. The van der Waals surface area contributed by atoms with Gasteiger partial charge >= 0.3 is 0 Å². The molecular formula is C16H19N3O3. The SMILES string of the molecule is N/C(=C\c1c(C2COCCO2)c[nH]c1N)c1ccccc1O. The Balaban J connectivity index is 1.96. The smallest absolute Gasteiger partial charge is 0.124 e. The molecule has 0 saturated carbocycles. The summed E-state index contributed by atoms with van der Waals surface area (Å²) in [6.07, 6.45) is 3.37. The molecule has 1 aliphatic heterocycles. The number of phenolic OH excluding ortho intramolecular Hbond substituents is 1. The predicted octanol–water partition coefficient (Wildman–Crippen LogP) is 1.85. The number of aromatic amines is 1. The molecule has 6 heteroatoms. The number of anilines is 1. The van der Waals surface area contributed by atoms with Gasteiger partial charge in [0.25, 0.3) is 0 Å². The van der Waals surface area contributed by atoms with Crippen molar-refractivity contribution in [3.63, 3.8) is 0 Å². The minimum Gasteiger partial charge on any atom is -0.507 e. The first kappa shape index (κ1) is 14.5. The van der Waals surface area contributed by atoms with Gasteiger partial charge in [0.2, 0.25) is 0 Å². The Morgan fingerprint density at radius 2 is 2.14 bits per heavy atom. The van der Waals surface area contributed by atoms with Crippen molar-refractivity contribution in [3.05, 3.63) is 47.2 Å². The highest BCUT2D eigenvalue weighted by Gasteiger charge is 2.22. The number of para-hydroxylation sites is 1. The monoisotopic (exact) mass is 301 g/mol. The number of hydrogen-bond donors (Lipinski definition) is 4. The summed E-state index contributed by atoms with van der Waals surface area (Å²) in [5, 5.41) is 9.89. The van der Waals surface area contributed by atoms with E-state index in [2.05, 4.69) is 4.98 Å². The number of aromatic nitrogens is 1. The maximum Gasteiger partial charge on any atom is 0.124 e. The lowest BCUT2D eigenvalue weighted by Gasteiger charge is -2.23. The number of ether oxygens (including phenoxy) is 2. The van der Waals surface area contributed by atoms with Crippen LogP contribution in [0, 0.1) is 0 Å². The summed E-state index contributed by atoms with van der Waals surface area (Å²) < 4.78 is 11.1. The molecule has 1 unspecified atom stereocenters.